The monoisotopic (exact) mass is 433 g/mol. The number of aromatic nitrogens is 2. The molecule has 0 unspecified atom stereocenters. The normalized spacial score (nSPS) is 15.5. The summed E-state index contributed by atoms with van der Waals surface area (Å²) in [7, 11) is 1.57. The second-order valence-electron chi connectivity index (χ2n) is 7.72. The molecule has 0 spiro atoms. The predicted octanol–water partition coefficient (Wildman–Crippen LogP) is 4.51. The highest BCUT2D eigenvalue weighted by Gasteiger charge is 2.37. The van der Waals surface area contributed by atoms with Crippen molar-refractivity contribution in [1.82, 2.24) is 15.0 Å². The van der Waals surface area contributed by atoms with E-state index in [-0.39, 0.29) is 35.0 Å². The van der Waals surface area contributed by atoms with Crippen molar-refractivity contribution in [1.29, 1.82) is 0 Å². The molecule has 9 heteroatoms. The summed E-state index contributed by atoms with van der Waals surface area (Å²) >= 11 is 0. The van der Waals surface area contributed by atoms with Crippen molar-refractivity contribution in [3.8, 4) is 5.75 Å². The fourth-order valence-corrected chi connectivity index (χ4v) is 4.04. The molecule has 3 aromatic rings. The Labute approximate surface area is 177 Å². The van der Waals surface area contributed by atoms with E-state index in [4.69, 9.17) is 9.26 Å². The summed E-state index contributed by atoms with van der Waals surface area (Å²) in [6.07, 6.45) is -3.21. The van der Waals surface area contributed by atoms with Crippen LogP contribution in [0.3, 0.4) is 0 Å². The van der Waals surface area contributed by atoms with Crippen LogP contribution in [0.5, 0.6) is 5.75 Å². The van der Waals surface area contributed by atoms with Crippen LogP contribution in [-0.2, 0) is 17.4 Å². The average Bonchev–Trinajstić information content (AvgIpc) is 3.13. The number of likely N-dealkylation sites (tertiary alicyclic amines) is 1. The van der Waals surface area contributed by atoms with E-state index in [9.17, 15) is 18.0 Å². The highest BCUT2D eigenvalue weighted by molar-refractivity contribution is 5.81. The molecule has 0 aliphatic carbocycles. The number of hydrogen-bond acceptors (Lipinski definition) is 5. The number of aryl methyl sites for hydroxylation is 1. The molecule has 3 heterocycles. The fourth-order valence-electron chi connectivity index (χ4n) is 4.04. The Morgan fingerprint density at radius 1 is 1.26 bits per heavy atom. The van der Waals surface area contributed by atoms with E-state index >= 15 is 0 Å². The van der Waals surface area contributed by atoms with Crippen molar-refractivity contribution in [2.75, 3.05) is 20.2 Å². The summed E-state index contributed by atoms with van der Waals surface area (Å²) in [5.41, 5.74) is 0.478. The third-order valence-corrected chi connectivity index (χ3v) is 5.70. The van der Waals surface area contributed by atoms with E-state index in [0.717, 1.165) is 11.6 Å². The van der Waals surface area contributed by atoms with Gasteiger partial charge in [0.25, 0.3) is 5.71 Å². The number of nitrogens with zero attached hydrogens (tertiary/aromatic N) is 3. The number of methoxy groups -OCH3 is 1. The maximum absolute atomic E-state index is 13.6. The summed E-state index contributed by atoms with van der Waals surface area (Å²) < 4.78 is 51.0. The van der Waals surface area contributed by atoms with E-state index in [2.05, 4.69) is 10.1 Å². The van der Waals surface area contributed by atoms with Crippen LogP contribution in [-0.4, -0.2) is 41.1 Å². The Kier molecular flexibility index (Phi) is 5.60. The van der Waals surface area contributed by atoms with Crippen LogP contribution in [0.1, 0.15) is 41.3 Å². The van der Waals surface area contributed by atoms with E-state index in [1.54, 1.807) is 12.0 Å². The first-order chi connectivity index (χ1) is 14.8. The number of halogens is 3. The number of amides is 1. The van der Waals surface area contributed by atoms with Crippen LogP contribution in [0.15, 0.2) is 34.9 Å². The van der Waals surface area contributed by atoms with Crippen LogP contribution in [0.4, 0.5) is 13.2 Å². The topological polar surface area (TPSA) is 68.5 Å². The molecule has 1 aliphatic heterocycles. The van der Waals surface area contributed by atoms with Crippen molar-refractivity contribution < 1.29 is 27.2 Å². The lowest BCUT2D eigenvalue weighted by Crippen LogP contribution is -2.39. The summed E-state index contributed by atoms with van der Waals surface area (Å²) in [5.74, 6) is 0.488. The first-order valence-corrected chi connectivity index (χ1v) is 10.0. The van der Waals surface area contributed by atoms with Crippen LogP contribution in [0.25, 0.3) is 11.1 Å². The summed E-state index contributed by atoms with van der Waals surface area (Å²) in [6, 6.07) is 8.44. The molecule has 1 aliphatic rings. The third-order valence-electron chi connectivity index (χ3n) is 5.70. The highest BCUT2D eigenvalue weighted by Crippen LogP contribution is 2.38. The zero-order valence-corrected chi connectivity index (χ0v) is 17.2. The van der Waals surface area contributed by atoms with Gasteiger partial charge in [-0.2, -0.15) is 13.2 Å². The largest absolute Gasteiger partial charge is 0.497 e. The molecule has 0 bridgehead atoms. The third kappa shape index (κ3) is 4.35. The number of carbonyl (C=O) groups is 1. The maximum atomic E-state index is 13.6. The smallest absolute Gasteiger partial charge is 0.417 e. The maximum Gasteiger partial charge on any atom is 0.417 e. The van der Waals surface area contributed by atoms with E-state index in [1.807, 2.05) is 24.3 Å². The van der Waals surface area contributed by atoms with E-state index in [0.29, 0.717) is 37.4 Å². The van der Waals surface area contributed by atoms with Gasteiger partial charge in [-0.05, 0) is 43.5 Å². The van der Waals surface area contributed by atoms with Gasteiger partial charge in [-0.15, -0.1) is 0 Å². The Morgan fingerprint density at radius 2 is 2.00 bits per heavy atom. The van der Waals surface area contributed by atoms with Gasteiger partial charge in [-0.3, -0.25) is 4.79 Å². The minimum absolute atomic E-state index is 0.0167. The minimum Gasteiger partial charge on any atom is -0.497 e. The molecule has 0 N–H and O–H groups in total. The first-order valence-electron chi connectivity index (χ1n) is 10.0. The highest BCUT2D eigenvalue weighted by atomic mass is 19.4. The molecule has 2 aromatic heterocycles. The van der Waals surface area contributed by atoms with Gasteiger partial charge in [0.1, 0.15) is 5.75 Å². The molecule has 1 amide bonds. The van der Waals surface area contributed by atoms with Crippen molar-refractivity contribution >= 4 is 17.0 Å². The van der Waals surface area contributed by atoms with Gasteiger partial charge >= 0.3 is 6.18 Å². The summed E-state index contributed by atoms with van der Waals surface area (Å²) in [4.78, 5) is 18.7. The van der Waals surface area contributed by atoms with Crippen LogP contribution in [0, 0.1) is 6.92 Å². The lowest BCUT2D eigenvalue weighted by Gasteiger charge is -2.32. The SMILES string of the molecule is COc1cccc(CC(=O)N2CCC(c3cc(C(F)(F)F)c4c(C)noc4n3)CC2)c1. The number of rotatable bonds is 4. The van der Waals surface area contributed by atoms with Crippen molar-refractivity contribution in [3.05, 3.63) is 52.8 Å². The Morgan fingerprint density at radius 3 is 2.68 bits per heavy atom. The number of hydrogen-bond donors (Lipinski definition) is 0. The average molecular weight is 433 g/mol. The lowest BCUT2D eigenvalue weighted by atomic mass is 9.91. The molecule has 0 radical (unpaired) electrons. The number of fused-ring (bicyclic) bond motifs is 1. The molecule has 0 atom stereocenters. The van der Waals surface area contributed by atoms with Crippen molar-refractivity contribution in [2.45, 2.75) is 38.3 Å². The van der Waals surface area contributed by atoms with Gasteiger partial charge in [0, 0.05) is 24.7 Å². The fraction of sp³-hybridized carbons (Fsp3) is 0.409. The van der Waals surface area contributed by atoms with Crippen LogP contribution >= 0.6 is 0 Å². The number of alkyl halides is 3. The van der Waals surface area contributed by atoms with E-state index in [1.165, 1.54) is 6.92 Å². The number of benzene rings is 1. The van der Waals surface area contributed by atoms with Crippen LogP contribution < -0.4 is 4.74 Å². The van der Waals surface area contributed by atoms with Gasteiger partial charge in [0.15, 0.2) is 0 Å². The molecule has 6 nitrogen and oxygen atoms in total. The van der Waals surface area contributed by atoms with Gasteiger partial charge in [0.2, 0.25) is 5.91 Å². The summed E-state index contributed by atoms with van der Waals surface area (Å²) in [5, 5.41) is 3.55. The van der Waals surface area contributed by atoms with Crippen molar-refractivity contribution in [2.24, 2.45) is 0 Å². The molecule has 1 aromatic carbocycles. The zero-order valence-electron chi connectivity index (χ0n) is 17.2. The molecule has 1 saturated heterocycles. The molecule has 4 rings (SSSR count). The minimum atomic E-state index is -4.53. The standard InChI is InChI=1S/C22H22F3N3O3/c1-13-20-17(22(23,24)25)12-18(26-21(20)31-27-13)15-6-8-28(9-7-15)19(29)11-14-4-3-5-16(10-14)30-2/h3-5,10,12,15H,6-9,11H2,1-2H3. The molecule has 164 valence electrons. The molecule has 1 fully saturated rings. The zero-order chi connectivity index (χ0) is 22.2. The Balaban J connectivity index is 1.47. The lowest BCUT2D eigenvalue weighted by molar-refractivity contribution is -0.136. The predicted molar refractivity (Wildman–Crippen MR) is 107 cm³/mol. The van der Waals surface area contributed by atoms with E-state index < -0.39 is 11.7 Å². The second-order valence-corrected chi connectivity index (χ2v) is 7.72. The van der Waals surface area contributed by atoms with Crippen LogP contribution in [0.2, 0.25) is 0 Å². The number of carbonyl (C=O) groups excluding carboxylic acids is 1. The Bertz CT molecular complexity index is 1100. The molecular formula is C22H22F3N3O3. The number of pyridine rings is 1. The van der Waals surface area contributed by atoms with Gasteiger partial charge in [0.05, 0.1) is 30.2 Å². The summed E-state index contributed by atoms with van der Waals surface area (Å²) in [6.45, 7) is 2.39. The Hall–Kier alpha value is -3.10. The van der Waals surface area contributed by atoms with Gasteiger partial charge in [-0.1, -0.05) is 17.3 Å². The van der Waals surface area contributed by atoms with Gasteiger partial charge < -0.3 is 14.2 Å². The molecule has 0 saturated carbocycles. The quantitative estimate of drug-likeness (QED) is 0.606. The second kappa shape index (κ2) is 8.20. The van der Waals surface area contributed by atoms with Gasteiger partial charge in [-0.25, -0.2) is 4.98 Å². The van der Waals surface area contributed by atoms with Crippen molar-refractivity contribution in [3.63, 3.8) is 0 Å². The molecular weight excluding hydrogens is 411 g/mol. The number of ether oxygens (including phenoxy) is 1. The number of piperidine rings is 1. The molecule has 31 heavy (non-hydrogen) atoms. The first kappa shape index (κ1) is 21.1.